The molecular formula is C14H20N. The molecular weight excluding hydrogens is 182 g/mol. The standard InChI is InChI=1S/C14H20N/c1-12-3-5-14(6-4-12)11-15-9-7-13(2)8-10-15/h3-6,13H,2,7-11H2,1H3. The summed E-state index contributed by atoms with van der Waals surface area (Å²) in [6, 6.07) is 8.88. The van der Waals surface area contributed by atoms with Crippen LogP contribution in [0.1, 0.15) is 24.0 Å². The Morgan fingerprint density at radius 3 is 2.40 bits per heavy atom. The van der Waals surface area contributed by atoms with Crippen molar-refractivity contribution in [2.75, 3.05) is 13.1 Å². The van der Waals surface area contributed by atoms with Gasteiger partial charge >= 0.3 is 0 Å². The average molecular weight is 202 g/mol. The van der Waals surface area contributed by atoms with Crippen molar-refractivity contribution in [1.82, 2.24) is 4.90 Å². The second-order valence-electron chi connectivity index (χ2n) is 4.71. The summed E-state index contributed by atoms with van der Waals surface area (Å²) in [7, 11) is 0. The lowest BCUT2D eigenvalue weighted by Crippen LogP contribution is -2.32. The molecule has 0 saturated carbocycles. The molecule has 0 unspecified atom stereocenters. The van der Waals surface area contributed by atoms with Gasteiger partial charge in [0.15, 0.2) is 0 Å². The van der Waals surface area contributed by atoms with E-state index in [1.165, 1.54) is 37.1 Å². The first kappa shape index (κ1) is 10.7. The van der Waals surface area contributed by atoms with E-state index < -0.39 is 0 Å². The summed E-state index contributed by atoms with van der Waals surface area (Å²) < 4.78 is 0. The molecule has 0 amide bonds. The van der Waals surface area contributed by atoms with E-state index in [-0.39, 0.29) is 0 Å². The predicted molar refractivity (Wildman–Crippen MR) is 64.5 cm³/mol. The van der Waals surface area contributed by atoms with Gasteiger partial charge in [0.1, 0.15) is 0 Å². The lowest BCUT2D eigenvalue weighted by atomic mass is 9.99. The summed E-state index contributed by atoms with van der Waals surface area (Å²) in [4.78, 5) is 2.53. The Bertz CT molecular complexity index is 294. The Morgan fingerprint density at radius 2 is 1.80 bits per heavy atom. The molecule has 1 aromatic carbocycles. The van der Waals surface area contributed by atoms with E-state index in [1.54, 1.807) is 0 Å². The van der Waals surface area contributed by atoms with Crippen LogP contribution in [0.15, 0.2) is 24.3 Å². The SMILES string of the molecule is [CH2]C1CCN(Cc2ccc(C)cc2)CC1. The minimum absolute atomic E-state index is 0.680. The Kier molecular flexibility index (Phi) is 3.42. The second-order valence-corrected chi connectivity index (χ2v) is 4.71. The van der Waals surface area contributed by atoms with Gasteiger partial charge in [-0.2, -0.15) is 0 Å². The number of hydrogen-bond donors (Lipinski definition) is 0. The third-order valence-electron chi connectivity index (χ3n) is 3.23. The van der Waals surface area contributed by atoms with E-state index in [1.807, 2.05) is 0 Å². The van der Waals surface area contributed by atoms with E-state index in [0.717, 1.165) is 6.54 Å². The van der Waals surface area contributed by atoms with E-state index in [0.29, 0.717) is 5.92 Å². The molecule has 15 heavy (non-hydrogen) atoms. The number of benzene rings is 1. The van der Waals surface area contributed by atoms with E-state index in [4.69, 9.17) is 0 Å². The van der Waals surface area contributed by atoms with Gasteiger partial charge < -0.3 is 0 Å². The molecule has 1 aliphatic heterocycles. The van der Waals surface area contributed by atoms with Gasteiger partial charge in [-0.1, -0.05) is 36.8 Å². The smallest absolute Gasteiger partial charge is 0.0233 e. The van der Waals surface area contributed by atoms with Crippen LogP contribution >= 0.6 is 0 Å². The molecule has 0 spiro atoms. The number of nitrogens with zero attached hydrogens (tertiary/aromatic N) is 1. The first-order chi connectivity index (χ1) is 7.24. The van der Waals surface area contributed by atoms with Crippen molar-refractivity contribution in [2.24, 2.45) is 5.92 Å². The maximum atomic E-state index is 4.12. The number of likely N-dealkylation sites (tertiary alicyclic amines) is 1. The monoisotopic (exact) mass is 202 g/mol. The highest BCUT2D eigenvalue weighted by Gasteiger charge is 2.15. The van der Waals surface area contributed by atoms with Gasteiger partial charge in [-0.3, -0.25) is 4.90 Å². The molecule has 0 aromatic heterocycles. The molecule has 1 heteroatoms. The van der Waals surface area contributed by atoms with E-state index in [2.05, 4.69) is 43.0 Å². The molecule has 0 bridgehead atoms. The van der Waals surface area contributed by atoms with Crippen LogP contribution in [0.25, 0.3) is 0 Å². The van der Waals surface area contributed by atoms with Gasteiger partial charge in [-0.25, -0.2) is 0 Å². The molecule has 1 nitrogen and oxygen atoms in total. The molecule has 0 N–H and O–H groups in total. The van der Waals surface area contributed by atoms with Gasteiger partial charge in [0, 0.05) is 6.54 Å². The molecule has 81 valence electrons. The van der Waals surface area contributed by atoms with Crippen molar-refractivity contribution < 1.29 is 0 Å². The summed E-state index contributed by atoms with van der Waals surface area (Å²) in [5.41, 5.74) is 2.78. The highest BCUT2D eigenvalue weighted by Crippen LogP contribution is 2.17. The van der Waals surface area contributed by atoms with Crippen LogP contribution in [0.2, 0.25) is 0 Å². The van der Waals surface area contributed by atoms with Gasteiger partial charge in [0.25, 0.3) is 0 Å². The van der Waals surface area contributed by atoms with E-state index >= 15 is 0 Å². The molecule has 1 aromatic rings. The van der Waals surface area contributed by atoms with Gasteiger partial charge in [-0.15, -0.1) is 0 Å². The number of piperidine rings is 1. The zero-order valence-electron chi connectivity index (χ0n) is 9.58. The van der Waals surface area contributed by atoms with E-state index in [9.17, 15) is 0 Å². The largest absolute Gasteiger partial charge is 0.299 e. The van der Waals surface area contributed by atoms with Crippen LogP contribution < -0.4 is 0 Å². The third kappa shape index (κ3) is 3.07. The average Bonchev–Trinajstić information content (AvgIpc) is 2.25. The number of hydrogen-bond acceptors (Lipinski definition) is 1. The molecule has 0 aliphatic carbocycles. The zero-order valence-corrected chi connectivity index (χ0v) is 9.58. The predicted octanol–water partition coefficient (Wildman–Crippen LogP) is 3.04. The fourth-order valence-corrected chi connectivity index (χ4v) is 2.10. The molecule has 1 saturated heterocycles. The van der Waals surface area contributed by atoms with Crippen molar-refractivity contribution in [3.8, 4) is 0 Å². The van der Waals surface area contributed by atoms with Crippen molar-refractivity contribution >= 4 is 0 Å². The Balaban J connectivity index is 1.89. The Labute approximate surface area is 93.1 Å². The summed E-state index contributed by atoms with van der Waals surface area (Å²) >= 11 is 0. The molecule has 2 rings (SSSR count). The maximum Gasteiger partial charge on any atom is 0.0233 e. The minimum atomic E-state index is 0.680. The summed E-state index contributed by atoms with van der Waals surface area (Å²) in [5, 5.41) is 0. The molecule has 0 atom stereocenters. The quantitative estimate of drug-likeness (QED) is 0.712. The lowest BCUT2D eigenvalue weighted by molar-refractivity contribution is 0.195. The molecule has 1 aliphatic rings. The Morgan fingerprint density at radius 1 is 1.20 bits per heavy atom. The summed E-state index contributed by atoms with van der Waals surface area (Å²) in [6.07, 6.45) is 2.51. The van der Waals surface area contributed by atoms with Crippen LogP contribution in [0.5, 0.6) is 0 Å². The van der Waals surface area contributed by atoms with Crippen LogP contribution in [-0.2, 0) is 6.54 Å². The highest BCUT2D eigenvalue weighted by molar-refractivity contribution is 5.21. The zero-order chi connectivity index (χ0) is 10.7. The number of rotatable bonds is 2. The van der Waals surface area contributed by atoms with Gasteiger partial charge in [0.2, 0.25) is 0 Å². The van der Waals surface area contributed by atoms with Crippen LogP contribution in [0, 0.1) is 19.8 Å². The van der Waals surface area contributed by atoms with Gasteiger partial charge in [-0.05, 0) is 44.3 Å². The minimum Gasteiger partial charge on any atom is -0.299 e. The van der Waals surface area contributed by atoms with Crippen LogP contribution in [0.3, 0.4) is 0 Å². The lowest BCUT2D eigenvalue weighted by Gasteiger charge is -2.30. The maximum absolute atomic E-state index is 4.12. The van der Waals surface area contributed by atoms with Crippen molar-refractivity contribution in [3.05, 3.63) is 42.3 Å². The fraction of sp³-hybridized carbons (Fsp3) is 0.500. The first-order valence-electron chi connectivity index (χ1n) is 5.85. The van der Waals surface area contributed by atoms with Crippen LogP contribution in [-0.4, -0.2) is 18.0 Å². The highest BCUT2D eigenvalue weighted by atomic mass is 15.1. The molecule has 1 heterocycles. The molecule has 1 fully saturated rings. The first-order valence-corrected chi connectivity index (χ1v) is 5.85. The van der Waals surface area contributed by atoms with Crippen molar-refractivity contribution in [3.63, 3.8) is 0 Å². The Hall–Kier alpha value is -0.820. The normalized spacial score (nSPS) is 19.3. The fourth-order valence-electron chi connectivity index (χ4n) is 2.10. The molecule has 1 radical (unpaired) electrons. The second kappa shape index (κ2) is 4.80. The summed E-state index contributed by atoms with van der Waals surface area (Å²) in [5.74, 6) is 0.680. The number of aryl methyl sites for hydroxylation is 1. The van der Waals surface area contributed by atoms with Gasteiger partial charge in [0.05, 0.1) is 0 Å². The topological polar surface area (TPSA) is 3.24 Å². The van der Waals surface area contributed by atoms with Crippen LogP contribution in [0.4, 0.5) is 0 Å². The van der Waals surface area contributed by atoms with Crippen molar-refractivity contribution in [1.29, 1.82) is 0 Å². The summed E-state index contributed by atoms with van der Waals surface area (Å²) in [6.45, 7) is 9.79. The third-order valence-corrected chi connectivity index (χ3v) is 3.23. The van der Waals surface area contributed by atoms with Crippen molar-refractivity contribution in [2.45, 2.75) is 26.3 Å².